The zero-order chi connectivity index (χ0) is 17.5. The molecule has 0 aliphatic carbocycles. The Morgan fingerprint density at radius 3 is 2.38 bits per heavy atom. The molecule has 126 valence electrons. The molecule has 1 aromatic carbocycles. The molecular formula is C20H24N2O2. The van der Waals surface area contributed by atoms with Gasteiger partial charge < -0.3 is 5.32 Å². The minimum absolute atomic E-state index is 0.0502. The van der Waals surface area contributed by atoms with Crippen LogP contribution in [0.15, 0.2) is 36.5 Å². The van der Waals surface area contributed by atoms with Gasteiger partial charge in [-0.2, -0.15) is 0 Å². The van der Waals surface area contributed by atoms with Crippen LogP contribution in [0.1, 0.15) is 52.0 Å². The fraction of sp³-hybridized carbons (Fsp3) is 0.350. The Balaban J connectivity index is 1.79. The van der Waals surface area contributed by atoms with E-state index in [9.17, 15) is 9.59 Å². The Kier molecular flexibility index (Phi) is 6.24. The van der Waals surface area contributed by atoms with Crippen LogP contribution in [0.4, 0.5) is 0 Å². The molecule has 0 atom stereocenters. The van der Waals surface area contributed by atoms with Gasteiger partial charge >= 0.3 is 0 Å². The summed E-state index contributed by atoms with van der Waals surface area (Å²) in [4.78, 5) is 28.4. The smallest absolute Gasteiger partial charge is 0.220 e. The number of carbonyl (C=O) groups excluding carboxylic acids is 2. The van der Waals surface area contributed by atoms with Crippen molar-refractivity contribution in [2.45, 2.75) is 46.6 Å². The van der Waals surface area contributed by atoms with Crippen LogP contribution in [0.3, 0.4) is 0 Å². The number of amides is 1. The molecule has 0 radical (unpaired) electrons. The Labute approximate surface area is 143 Å². The van der Waals surface area contributed by atoms with Gasteiger partial charge in [0.1, 0.15) is 0 Å². The lowest BCUT2D eigenvalue weighted by molar-refractivity contribution is -0.121. The predicted molar refractivity (Wildman–Crippen MR) is 94.9 cm³/mol. The van der Waals surface area contributed by atoms with Gasteiger partial charge in [-0.05, 0) is 50.5 Å². The molecule has 4 heteroatoms. The fourth-order valence-corrected chi connectivity index (χ4v) is 2.93. The molecule has 2 rings (SSSR count). The van der Waals surface area contributed by atoms with Gasteiger partial charge in [0.25, 0.3) is 0 Å². The third-order valence-corrected chi connectivity index (χ3v) is 3.96. The average Bonchev–Trinajstić information content (AvgIpc) is 2.53. The van der Waals surface area contributed by atoms with E-state index >= 15 is 0 Å². The second-order valence-corrected chi connectivity index (χ2v) is 6.15. The standard InChI is InChI=1S/C20H24N2O2/c1-14-11-15(2)20(16(3)12-14)18(23)8-6-9-19(24)22-13-17-7-4-5-10-21-17/h4-5,7,10-12H,6,8-9,13H2,1-3H3,(H,22,24). The van der Waals surface area contributed by atoms with Crippen molar-refractivity contribution in [3.05, 3.63) is 64.5 Å². The van der Waals surface area contributed by atoms with Crippen LogP contribution in [0.25, 0.3) is 0 Å². The predicted octanol–water partition coefficient (Wildman–Crippen LogP) is 3.68. The molecule has 1 N–H and O–H groups in total. The highest BCUT2D eigenvalue weighted by molar-refractivity contribution is 5.99. The summed E-state index contributed by atoms with van der Waals surface area (Å²) in [6.45, 7) is 6.38. The van der Waals surface area contributed by atoms with E-state index in [0.717, 1.165) is 27.9 Å². The number of ketones is 1. The summed E-state index contributed by atoms with van der Waals surface area (Å²) in [5.41, 5.74) is 4.81. The van der Waals surface area contributed by atoms with Gasteiger partial charge in [-0.3, -0.25) is 14.6 Å². The Morgan fingerprint density at radius 2 is 1.75 bits per heavy atom. The lowest BCUT2D eigenvalue weighted by atomic mass is 9.94. The summed E-state index contributed by atoms with van der Waals surface area (Å²) < 4.78 is 0. The minimum Gasteiger partial charge on any atom is -0.350 e. The summed E-state index contributed by atoms with van der Waals surface area (Å²) in [6.07, 6.45) is 3.00. The van der Waals surface area contributed by atoms with E-state index in [1.807, 2.05) is 51.1 Å². The maximum absolute atomic E-state index is 12.4. The van der Waals surface area contributed by atoms with Crippen molar-refractivity contribution in [2.24, 2.45) is 0 Å². The van der Waals surface area contributed by atoms with E-state index in [4.69, 9.17) is 0 Å². The number of pyridine rings is 1. The van der Waals surface area contributed by atoms with E-state index in [-0.39, 0.29) is 11.7 Å². The van der Waals surface area contributed by atoms with Crippen LogP contribution in [-0.2, 0) is 11.3 Å². The third-order valence-electron chi connectivity index (χ3n) is 3.96. The first-order valence-corrected chi connectivity index (χ1v) is 8.25. The number of rotatable bonds is 7. The van der Waals surface area contributed by atoms with Gasteiger partial charge in [-0.15, -0.1) is 0 Å². The Hall–Kier alpha value is -2.49. The number of nitrogens with zero attached hydrogens (tertiary/aromatic N) is 1. The lowest BCUT2D eigenvalue weighted by Crippen LogP contribution is -2.23. The molecule has 0 saturated heterocycles. The van der Waals surface area contributed by atoms with E-state index in [0.29, 0.717) is 25.8 Å². The lowest BCUT2D eigenvalue weighted by Gasteiger charge is -2.10. The largest absolute Gasteiger partial charge is 0.350 e. The highest BCUT2D eigenvalue weighted by Crippen LogP contribution is 2.19. The van der Waals surface area contributed by atoms with E-state index in [1.54, 1.807) is 6.20 Å². The van der Waals surface area contributed by atoms with Crippen molar-refractivity contribution >= 4 is 11.7 Å². The van der Waals surface area contributed by atoms with Crippen molar-refractivity contribution in [3.63, 3.8) is 0 Å². The van der Waals surface area contributed by atoms with E-state index in [1.165, 1.54) is 0 Å². The molecule has 24 heavy (non-hydrogen) atoms. The van der Waals surface area contributed by atoms with Crippen molar-refractivity contribution in [2.75, 3.05) is 0 Å². The van der Waals surface area contributed by atoms with Gasteiger partial charge in [0.15, 0.2) is 5.78 Å². The van der Waals surface area contributed by atoms with Gasteiger partial charge in [0.05, 0.1) is 12.2 Å². The Bertz CT molecular complexity index is 701. The molecule has 1 aromatic heterocycles. The van der Waals surface area contributed by atoms with Crippen molar-refractivity contribution in [1.82, 2.24) is 10.3 Å². The minimum atomic E-state index is -0.0502. The number of Topliss-reactive ketones (excluding diaryl/α,β-unsaturated/α-hetero) is 1. The monoisotopic (exact) mass is 324 g/mol. The van der Waals surface area contributed by atoms with Gasteiger partial charge in [-0.1, -0.05) is 23.8 Å². The normalized spacial score (nSPS) is 10.5. The van der Waals surface area contributed by atoms with Crippen LogP contribution in [0, 0.1) is 20.8 Å². The summed E-state index contributed by atoms with van der Waals surface area (Å²) >= 11 is 0. The summed E-state index contributed by atoms with van der Waals surface area (Å²) in [5, 5.41) is 2.83. The van der Waals surface area contributed by atoms with E-state index < -0.39 is 0 Å². The molecular weight excluding hydrogens is 300 g/mol. The molecule has 0 unspecified atom stereocenters. The second kappa shape index (κ2) is 8.39. The number of aryl methyl sites for hydroxylation is 3. The first-order valence-electron chi connectivity index (χ1n) is 8.25. The summed E-state index contributed by atoms with van der Waals surface area (Å²) in [7, 11) is 0. The van der Waals surface area contributed by atoms with Crippen LogP contribution < -0.4 is 5.32 Å². The first kappa shape index (κ1) is 17.9. The van der Waals surface area contributed by atoms with Crippen molar-refractivity contribution in [3.8, 4) is 0 Å². The third kappa shape index (κ3) is 5.01. The topological polar surface area (TPSA) is 59.1 Å². The number of nitrogens with one attached hydrogen (secondary N) is 1. The van der Waals surface area contributed by atoms with Crippen molar-refractivity contribution < 1.29 is 9.59 Å². The molecule has 1 amide bonds. The Morgan fingerprint density at radius 1 is 1.04 bits per heavy atom. The number of benzene rings is 1. The molecule has 0 fully saturated rings. The number of carbonyl (C=O) groups is 2. The molecule has 0 bridgehead atoms. The highest BCUT2D eigenvalue weighted by atomic mass is 16.1. The fourth-order valence-electron chi connectivity index (χ4n) is 2.93. The second-order valence-electron chi connectivity index (χ2n) is 6.15. The molecule has 0 aliphatic rings. The van der Waals surface area contributed by atoms with Crippen LogP contribution in [-0.4, -0.2) is 16.7 Å². The summed E-state index contributed by atoms with van der Waals surface area (Å²) in [5.74, 6) is 0.0633. The zero-order valence-corrected chi connectivity index (χ0v) is 14.6. The number of hydrogen-bond acceptors (Lipinski definition) is 3. The van der Waals surface area contributed by atoms with Gasteiger partial charge in [-0.25, -0.2) is 0 Å². The number of hydrogen-bond donors (Lipinski definition) is 1. The van der Waals surface area contributed by atoms with Crippen LogP contribution >= 0.6 is 0 Å². The molecule has 0 saturated carbocycles. The highest BCUT2D eigenvalue weighted by Gasteiger charge is 2.13. The molecule has 0 spiro atoms. The zero-order valence-electron chi connectivity index (χ0n) is 14.6. The molecule has 2 aromatic rings. The van der Waals surface area contributed by atoms with Crippen molar-refractivity contribution in [1.29, 1.82) is 0 Å². The first-order chi connectivity index (χ1) is 11.5. The maximum Gasteiger partial charge on any atom is 0.220 e. The molecule has 0 aliphatic heterocycles. The maximum atomic E-state index is 12.4. The number of aromatic nitrogens is 1. The van der Waals surface area contributed by atoms with Gasteiger partial charge in [0.2, 0.25) is 5.91 Å². The van der Waals surface area contributed by atoms with Crippen LogP contribution in [0.5, 0.6) is 0 Å². The quantitative estimate of drug-likeness (QED) is 0.790. The molecule has 4 nitrogen and oxygen atoms in total. The van der Waals surface area contributed by atoms with E-state index in [2.05, 4.69) is 10.3 Å². The molecule has 1 heterocycles. The SMILES string of the molecule is Cc1cc(C)c(C(=O)CCCC(=O)NCc2ccccn2)c(C)c1. The average molecular weight is 324 g/mol. The van der Waals surface area contributed by atoms with Crippen LogP contribution in [0.2, 0.25) is 0 Å². The van der Waals surface area contributed by atoms with Gasteiger partial charge in [0, 0.05) is 24.6 Å². The summed E-state index contributed by atoms with van der Waals surface area (Å²) in [6, 6.07) is 9.65.